The average Bonchev–Trinajstić information content (AvgIpc) is 2.55. The summed E-state index contributed by atoms with van der Waals surface area (Å²) in [4.78, 5) is 11.8. The maximum absolute atomic E-state index is 11.8. The van der Waals surface area contributed by atoms with Crippen LogP contribution < -0.4 is 0 Å². The van der Waals surface area contributed by atoms with Crippen LogP contribution in [0.25, 0.3) is 0 Å². The second-order valence-corrected chi connectivity index (χ2v) is 6.98. The van der Waals surface area contributed by atoms with Crippen LogP contribution in [-0.2, 0) is 4.79 Å². The molecule has 1 heteroatoms. The first-order chi connectivity index (χ1) is 11.3. The van der Waals surface area contributed by atoms with E-state index < -0.39 is 0 Å². The summed E-state index contributed by atoms with van der Waals surface area (Å²) in [6.45, 7) is 4.51. The molecule has 0 aromatic rings. The van der Waals surface area contributed by atoms with E-state index in [0.717, 1.165) is 25.7 Å². The highest BCUT2D eigenvalue weighted by molar-refractivity contribution is 5.78. The Balaban J connectivity index is 3.24. The van der Waals surface area contributed by atoms with Crippen molar-refractivity contribution in [3.05, 3.63) is 12.2 Å². The van der Waals surface area contributed by atoms with Crippen LogP contribution in [0.4, 0.5) is 0 Å². The molecule has 0 aliphatic rings. The average molecular weight is 323 g/mol. The Morgan fingerprint density at radius 3 is 1.65 bits per heavy atom. The Kier molecular flexibility index (Phi) is 19.0. The molecule has 23 heavy (non-hydrogen) atoms. The lowest BCUT2D eigenvalue weighted by Crippen LogP contribution is -1.96. The molecule has 0 rings (SSSR count). The van der Waals surface area contributed by atoms with Crippen molar-refractivity contribution in [3.63, 3.8) is 0 Å². The fourth-order valence-corrected chi connectivity index (χ4v) is 2.93. The molecular weight excluding hydrogens is 280 g/mol. The van der Waals surface area contributed by atoms with Crippen molar-refractivity contribution in [2.75, 3.05) is 0 Å². The van der Waals surface area contributed by atoms with Gasteiger partial charge >= 0.3 is 0 Å². The second-order valence-electron chi connectivity index (χ2n) is 6.98. The van der Waals surface area contributed by atoms with E-state index in [9.17, 15) is 4.79 Å². The van der Waals surface area contributed by atoms with Gasteiger partial charge in [0.05, 0.1) is 0 Å². The van der Waals surface area contributed by atoms with Gasteiger partial charge < -0.3 is 0 Å². The van der Waals surface area contributed by atoms with Crippen LogP contribution in [0, 0.1) is 0 Å². The van der Waals surface area contributed by atoms with Gasteiger partial charge in [0.15, 0.2) is 0 Å². The van der Waals surface area contributed by atoms with E-state index in [2.05, 4.69) is 26.0 Å². The third kappa shape index (κ3) is 19.4. The van der Waals surface area contributed by atoms with E-state index in [0.29, 0.717) is 5.78 Å². The van der Waals surface area contributed by atoms with Crippen molar-refractivity contribution >= 4 is 5.78 Å². The molecule has 136 valence electrons. The highest BCUT2D eigenvalue weighted by Crippen LogP contribution is 2.10. The summed E-state index contributed by atoms with van der Waals surface area (Å²) in [7, 11) is 0. The van der Waals surface area contributed by atoms with E-state index in [1.807, 2.05) is 0 Å². The van der Waals surface area contributed by atoms with E-state index in [4.69, 9.17) is 0 Å². The lowest BCUT2D eigenvalue weighted by Gasteiger charge is -2.01. The SMILES string of the molecule is CCCCCCCC/C=C/CCC(=O)CCCCCCCCC. The molecule has 0 aromatic heterocycles. The highest BCUT2D eigenvalue weighted by Gasteiger charge is 2.00. The second kappa shape index (κ2) is 19.5. The van der Waals surface area contributed by atoms with Crippen LogP contribution in [0.3, 0.4) is 0 Å². The number of unbranched alkanes of at least 4 members (excludes halogenated alkanes) is 12. The maximum atomic E-state index is 11.8. The van der Waals surface area contributed by atoms with Gasteiger partial charge in [-0.05, 0) is 25.7 Å². The minimum atomic E-state index is 0.461. The maximum Gasteiger partial charge on any atom is 0.133 e. The molecule has 0 amide bonds. The summed E-state index contributed by atoms with van der Waals surface area (Å²) in [6.07, 6.45) is 25.4. The van der Waals surface area contributed by atoms with E-state index >= 15 is 0 Å². The van der Waals surface area contributed by atoms with Crippen molar-refractivity contribution in [3.8, 4) is 0 Å². The zero-order chi connectivity index (χ0) is 17.0. The number of carbonyl (C=O) groups is 1. The molecule has 0 saturated carbocycles. The molecule has 0 unspecified atom stereocenters. The van der Waals surface area contributed by atoms with Crippen LogP contribution in [0.1, 0.15) is 123 Å². The van der Waals surface area contributed by atoms with E-state index in [-0.39, 0.29) is 0 Å². The number of carbonyl (C=O) groups excluding carboxylic acids is 1. The molecule has 0 bridgehead atoms. The standard InChI is InChI=1S/C22H42O/c1-3-5-7-9-11-12-13-15-17-19-21-22(23)20-18-16-14-10-8-6-4-2/h15,17H,3-14,16,18-21H2,1-2H3/b17-15+. The Hall–Kier alpha value is -0.590. The molecule has 0 heterocycles. The summed E-state index contributed by atoms with van der Waals surface area (Å²) in [6, 6.07) is 0. The summed E-state index contributed by atoms with van der Waals surface area (Å²) in [5.41, 5.74) is 0. The molecule has 0 aliphatic heterocycles. The fraction of sp³-hybridized carbons (Fsp3) is 0.864. The molecule has 0 spiro atoms. The molecule has 0 fully saturated rings. The number of hydrogen-bond donors (Lipinski definition) is 0. The molecule has 0 atom stereocenters. The quantitative estimate of drug-likeness (QED) is 0.186. The van der Waals surface area contributed by atoms with Crippen LogP contribution in [0.15, 0.2) is 12.2 Å². The third-order valence-corrected chi connectivity index (χ3v) is 4.54. The van der Waals surface area contributed by atoms with Gasteiger partial charge in [-0.25, -0.2) is 0 Å². The first-order valence-electron chi connectivity index (χ1n) is 10.5. The summed E-state index contributed by atoms with van der Waals surface area (Å²) < 4.78 is 0. The zero-order valence-electron chi connectivity index (χ0n) is 16.1. The van der Waals surface area contributed by atoms with Crippen molar-refractivity contribution in [1.82, 2.24) is 0 Å². The molecular formula is C22H42O. The minimum Gasteiger partial charge on any atom is -0.300 e. The topological polar surface area (TPSA) is 17.1 Å². The van der Waals surface area contributed by atoms with Gasteiger partial charge in [0.25, 0.3) is 0 Å². The van der Waals surface area contributed by atoms with Crippen LogP contribution in [0.5, 0.6) is 0 Å². The number of hydrogen-bond acceptors (Lipinski definition) is 1. The zero-order valence-corrected chi connectivity index (χ0v) is 16.1. The third-order valence-electron chi connectivity index (χ3n) is 4.54. The fourth-order valence-electron chi connectivity index (χ4n) is 2.93. The number of ketones is 1. The number of allylic oxidation sites excluding steroid dienone is 2. The molecule has 0 aromatic carbocycles. The van der Waals surface area contributed by atoms with Crippen molar-refractivity contribution in [2.45, 2.75) is 123 Å². The predicted molar refractivity (Wildman–Crippen MR) is 104 cm³/mol. The van der Waals surface area contributed by atoms with E-state index in [1.165, 1.54) is 83.5 Å². The predicted octanol–water partition coefficient (Wildman–Crippen LogP) is 7.78. The van der Waals surface area contributed by atoms with Crippen LogP contribution in [-0.4, -0.2) is 5.78 Å². The Labute approximate surface area is 146 Å². The molecule has 0 N–H and O–H groups in total. The van der Waals surface area contributed by atoms with Gasteiger partial charge in [-0.3, -0.25) is 4.79 Å². The van der Waals surface area contributed by atoms with Gasteiger partial charge in [0.1, 0.15) is 5.78 Å². The smallest absolute Gasteiger partial charge is 0.133 e. The van der Waals surface area contributed by atoms with Gasteiger partial charge in [0, 0.05) is 12.8 Å². The van der Waals surface area contributed by atoms with Gasteiger partial charge in [-0.1, -0.05) is 96.6 Å². The summed E-state index contributed by atoms with van der Waals surface area (Å²) >= 11 is 0. The summed E-state index contributed by atoms with van der Waals surface area (Å²) in [5.74, 6) is 0.461. The molecule has 0 saturated heterocycles. The van der Waals surface area contributed by atoms with Crippen molar-refractivity contribution < 1.29 is 4.79 Å². The Morgan fingerprint density at radius 1 is 0.565 bits per heavy atom. The van der Waals surface area contributed by atoms with Gasteiger partial charge in [0.2, 0.25) is 0 Å². The molecule has 0 radical (unpaired) electrons. The summed E-state index contributed by atoms with van der Waals surface area (Å²) in [5, 5.41) is 0. The number of Topliss-reactive ketones (excluding diaryl/α,β-unsaturated/α-hetero) is 1. The first kappa shape index (κ1) is 22.4. The van der Waals surface area contributed by atoms with Crippen molar-refractivity contribution in [1.29, 1.82) is 0 Å². The first-order valence-corrected chi connectivity index (χ1v) is 10.5. The molecule has 0 aliphatic carbocycles. The lowest BCUT2D eigenvalue weighted by molar-refractivity contribution is -0.119. The van der Waals surface area contributed by atoms with Crippen molar-refractivity contribution in [2.24, 2.45) is 0 Å². The normalized spacial score (nSPS) is 11.4. The Morgan fingerprint density at radius 2 is 1.04 bits per heavy atom. The van der Waals surface area contributed by atoms with Gasteiger partial charge in [-0.2, -0.15) is 0 Å². The minimum absolute atomic E-state index is 0.461. The van der Waals surface area contributed by atoms with Crippen LogP contribution in [0.2, 0.25) is 0 Å². The largest absolute Gasteiger partial charge is 0.300 e. The van der Waals surface area contributed by atoms with Crippen LogP contribution >= 0.6 is 0 Å². The Bertz CT molecular complexity index is 267. The molecule has 1 nitrogen and oxygen atoms in total. The number of rotatable bonds is 18. The lowest BCUT2D eigenvalue weighted by atomic mass is 10.0. The van der Waals surface area contributed by atoms with Gasteiger partial charge in [-0.15, -0.1) is 0 Å². The highest BCUT2D eigenvalue weighted by atomic mass is 16.1. The monoisotopic (exact) mass is 322 g/mol. The van der Waals surface area contributed by atoms with E-state index in [1.54, 1.807) is 0 Å².